The summed E-state index contributed by atoms with van der Waals surface area (Å²) in [5.74, 6) is 0.582. The second-order valence-electron chi connectivity index (χ2n) is 6.54. The van der Waals surface area contributed by atoms with Crippen molar-refractivity contribution in [3.63, 3.8) is 0 Å². The first kappa shape index (κ1) is 20.3. The number of methoxy groups -OCH3 is 1. The smallest absolute Gasteiger partial charge is 0.338 e. The first-order valence-corrected chi connectivity index (χ1v) is 8.77. The van der Waals surface area contributed by atoms with Gasteiger partial charge < -0.3 is 19.9 Å². The van der Waals surface area contributed by atoms with Crippen LogP contribution in [0.2, 0.25) is 0 Å². The Balaban J connectivity index is 2.01. The van der Waals surface area contributed by atoms with Gasteiger partial charge in [-0.3, -0.25) is 4.79 Å². The van der Waals surface area contributed by atoms with Crippen molar-refractivity contribution in [3.8, 4) is 11.5 Å². The molecule has 0 fully saturated rings. The van der Waals surface area contributed by atoms with Gasteiger partial charge in [0.05, 0.1) is 19.3 Å². The number of hydrogen-bond acceptors (Lipinski definition) is 5. The second kappa shape index (κ2) is 9.62. The van der Waals surface area contributed by atoms with E-state index in [9.17, 15) is 9.59 Å². The zero-order valence-corrected chi connectivity index (χ0v) is 15.9. The van der Waals surface area contributed by atoms with E-state index in [0.29, 0.717) is 40.7 Å². The number of primary amides is 1. The van der Waals surface area contributed by atoms with Crippen LogP contribution < -0.4 is 15.2 Å². The molecule has 144 valence electrons. The van der Waals surface area contributed by atoms with Gasteiger partial charge in [-0.2, -0.15) is 0 Å². The quantitative estimate of drug-likeness (QED) is 0.681. The molecule has 0 atom stereocenters. The molecule has 6 nitrogen and oxygen atoms in total. The van der Waals surface area contributed by atoms with Crippen molar-refractivity contribution in [3.05, 3.63) is 59.2 Å². The highest BCUT2D eigenvalue weighted by Gasteiger charge is 2.13. The molecule has 0 unspecified atom stereocenters. The van der Waals surface area contributed by atoms with E-state index in [2.05, 4.69) is 13.8 Å². The molecule has 0 saturated heterocycles. The Hall–Kier alpha value is -3.02. The van der Waals surface area contributed by atoms with Crippen LogP contribution in [0.1, 0.15) is 46.5 Å². The van der Waals surface area contributed by atoms with E-state index in [4.69, 9.17) is 19.9 Å². The Kier molecular flexibility index (Phi) is 7.23. The van der Waals surface area contributed by atoms with Gasteiger partial charge in [0.1, 0.15) is 6.61 Å². The number of nitrogens with two attached hydrogens (primary N) is 1. The third-order valence-electron chi connectivity index (χ3n) is 3.93. The third-order valence-corrected chi connectivity index (χ3v) is 3.93. The zero-order chi connectivity index (χ0) is 19.8. The topological polar surface area (TPSA) is 87.9 Å². The maximum atomic E-state index is 12.3. The second-order valence-corrected chi connectivity index (χ2v) is 6.54. The number of ether oxygens (including phenoxy) is 3. The van der Waals surface area contributed by atoms with Crippen molar-refractivity contribution in [1.29, 1.82) is 0 Å². The minimum Gasteiger partial charge on any atom is -0.493 e. The molecule has 0 aliphatic heterocycles. The van der Waals surface area contributed by atoms with Crippen molar-refractivity contribution >= 4 is 11.9 Å². The van der Waals surface area contributed by atoms with E-state index in [1.54, 1.807) is 42.5 Å². The lowest BCUT2D eigenvalue weighted by Crippen LogP contribution is -2.11. The van der Waals surface area contributed by atoms with Crippen LogP contribution in [0.4, 0.5) is 0 Å². The fourth-order valence-electron chi connectivity index (χ4n) is 2.36. The maximum absolute atomic E-state index is 12.3. The molecule has 0 radical (unpaired) electrons. The number of esters is 1. The summed E-state index contributed by atoms with van der Waals surface area (Å²) in [4.78, 5) is 23.5. The molecule has 2 rings (SSSR count). The van der Waals surface area contributed by atoms with Crippen LogP contribution in [0.5, 0.6) is 11.5 Å². The lowest BCUT2D eigenvalue weighted by molar-refractivity contribution is 0.0472. The third kappa shape index (κ3) is 6.02. The van der Waals surface area contributed by atoms with Crippen LogP contribution in [-0.2, 0) is 11.3 Å². The Morgan fingerprint density at radius 3 is 2.48 bits per heavy atom. The van der Waals surface area contributed by atoms with E-state index in [1.807, 2.05) is 0 Å². The highest BCUT2D eigenvalue weighted by atomic mass is 16.5. The summed E-state index contributed by atoms with van der Waals surface area (Å²) in [5, 5.41) is 0. The van der Waals surface area contributed by atoms with E-state index in [-0.39, 0.29) is 6.61 Å². The summed E-state index contributed by atoms with van der Waals surface area (Å²) in [5.41, 5.74) is 6.66. The molecule has 0 bridgehead atoms. The average molecular weight is 371 g/mol. The van der Waals surface area contributed by atoms with E-state index in [1.165, 1.54) is 7.11 Å². The minimum absolute atomic E-state index is 0.0366. The fraction of sp³-hybridized carbons (Fsp3) is 0.333. The molecular formula is C21H25NO5. The predicted octanol–water partition coefficient (Wildman–Crippen LogP) is 3.58. The van der Waals surface area contributed by atoms with Crippen LogP contribution in [-0.4, -0.2) is 25.6 Å². The van der Waals surface area contributed by atoms with Crippen LogP contribution in [0.3, 0.4) is 0 Å². The first-order valence-electron chi connectivity index (χ1n) is 8.77. The van der Waals surface area contributed by atoms with Gasteiger partial charge in [-0.05, 0) is 48.2 Å². The molecular weight excluding hydrogens is 346 g/mol. The molecule has 27 heavy (non-hydrogen) atoms. The largest absolute Gasteiger partial charge is 0.493 e. The molecule has 6 heteroatoms. The molecule has 0 aliphatic carbocycles. The number of carbonyl (C=O) groups is 2. The number of rotatable bonds is 9. The molecule has 1 amide bonds. The maximum Gasteiger partial charge on any atom is 0.338 e. The molecule has 2 N–H and O–H groups in total. The highest BCUT2D eigenvalue weighted by molar-refractivity contribution is 5.93. The van der Waals surface area contributed by atoms with Crippen LogP contribution in [0.25, 0.3) is 0 Å². The van der Waals surface area contributed by atoms with Gasteiger partial charge in [-0.1, -0.05) is 26.0 Å². The summed E-state index contributed by atoms with van der Waals surface area (Å²) in [6.07, 6.45) is 0.928. The molecule has 0 saturated carbocycles. The summed E-state index contributed by atoms with van der Waals surface area (Å²) < 4.78 is 16.3. The Bertz CT molecular complexity index is 801. The summed E-state index contributed by atoms with van der Waals surface area (Å²) >= 11 is 0. The standard InChI is InChI=1S/C21H25NO5/c1-14(2)9-10-26-18-8-7-17(12-19(18)25-3)21(24)27-13-15-5-4-6-16(11-15)20(22)23/h4-8,11-12,14H,9-10,13H2,1-3H3,(H2,22,23). The van der Waals surface area contributed by atoms with Crippen molar-refractivity contribution in [1.82, 2.24) is 0 Å². The molecule has 0 heterocycles. The van der Waals surface area contributed by atoms with Crippen LogP contribution in [0.15, 0.2) is 42.5 Å². The minimum atomic E-state index is -0.527. The highest BCUT2D eigenvalue weighted by Crippen LogP contribution is 2.28. The van der Waals surface area contributed by atoms with Crippen LogP contribution in [0, 0.1) is 5.92 Å². The lowest BCUT2D eigenvalue weighted by atomic mass is 10.1. The van der Waals surface area contributed by atoms with E-state index < -0.39 is 11.9 Å². The van der Waals surface area contributed by atoms with Gasteiger partial charge in [0.25, 0.3) is 0 Å². The van der Waals surface area contributed by atoms with Gasteiger partial charge in [0.15, 0.2) is 11.5 Å². The molecule has 2 aromatic carbocycles. The van der Waals surface area contributed by atoms with Gasteiger partial charge in [0, 0.05) is 5.56 Å². The molecule has 0 aliphatic rings. The molecule has 0 aromatic heterocycles. The van der Waals surface area contributed by atoms with Crippen LogP contribution >= 0.6 is 0 Å². The summed E-state index contributed by atoms with van der Waals surface area (Å²) in [6.45, 7) is 4.86. The van der Waals surface area contributed by atoms with Gasteiger partial charge >= 0.3 is 5.97 Å². The van der Waals surface area contributed by atoms with Gasteiger partial charge in [-0.15, -0.1) is 0 Å². The SMILES string of the molecule is COc1cc(C(=O)OCc2cccc(C(N)=O)c2)ccc1OCCC(C)C. The lowest BCUT2D eigenvalue weighted by Gasteiger charge is -2.13. The number of carbonyl (C=O) groups excluding carboxylic acids is 2. The Morgan fingerprint density at radius 1 is 1.04 bits per heavy atom. The average Bonchev–Trinajstić information content (AvgIpc) is 2.66. The number of hydrogen-bond donors (Lipinski definition) is 1. The van der Waals surface area contributed by atoms with Crippen molar-refractivity contribution in [2.45, 2.75) is 26.9 Å². The van der Waals surface area contributed by atoms with Gasteiger partial charge in [0.2, 0.25) is 5.91 Å². The van der Waals surface area contributed by atoms with E-state index >= 15 is 0 Å². The summed E-state index contributed by atoms with van der Waals surface area (Å²) in [7, 11) is 1.52. The van der Waals surface area contributed by atoms with Crippen molar-refractivity contribution in [2.75, 3.05) is 13.7 Å². The van der Waals surface area contributed by atoms with Gasteiger partial charge in [-0.25, -0.2) is 4.79 Å². The predicted molar refractivity (Wildman–Crippen MR) is 102 cm³/mol. The van der Waals surface area contributed by atoms with Crippen molar-refractivity contribution in [2.24, 2.45) is 11.7 Å². The molecule has 0 spiro atoms. The number of amides is 1. The summed E-state index contributed by atoms with van der Waals surface area (Å²) in [6, 6.07) is 11.6. The Labute approximate surface area is 159 Å². The monoisotopic (exact) mass is 371 g/mol. The van der Waals surface area contributed by atoms with Crippen molar-refractivity contribution < 1.29 is 23.8 Å². The molecule has 2 aromatic rings. The number of benzene rings is 2. The Morgan fingerprint density at radius 2 is 1.81 bits per heavy atom. The van der Waals surface area contributed by atoms with E-state index in [0.717, 1.165) is 6.42 Å². The normalized spacial score (nSPS) is 10.5. The first-order chi connectivity index (χ1) is 12.9. The fourth-order valence-corrected chi connectivity index (χ4v) is 2.36. The zero-order valence-electron chi connectivity index (χ0n) is 15.9.